The third kappa shape index (κ3) is 4.23. The summed E-state index contributed by atoms with van der Waals surface area (Å²) in [6, 6.07) is 13.0. The summed E-state index contributed by atoms with van der Waals surface area (Å²) < 4.78 is 6.54. The van der Waals surface area contributed by atoms with Crippen LogP contribution >= 0.6 is 34.2 Å². The molecule has 1 saturated heterocycles. The normalized spacial score (nSPS) is 17.7. The van der Waals surface area contributed by atoms with Crippen LogP contribution in [-0.2, 0) is 4.74 Å². The van der Waals surface area contributed by atoms with Crippen molar-refractivity contribution in [1.82, 2.24) is 5.32 Å². The smallest absolute Gasteiger partial charge is 0.256 e. The van der Waals surface area contributed by atoms with Crippen molar-refractivity contribution in [2.75, 3.05) is 25.0 Å². The number of amides is 1. The molecule has 2 aromatic rings. The molecule has 0 aliphatic carbocycles. The lowest BCUT2D eigenvalue weighted by Gasteiger charge is -2.24. The summed E-state index contributed by atoms with van der Waals surface area (Å²) in [7, 11) is 0. The number of hydrogen-bond donors (Lipinski definition) is 2. The van der Waals surface area contributed by atoms with Crippen molar-refractivity contribution in [3.63, 3.8) is 0 Å². The van der Waals surface area contributed by atoms with Gasteiger partial charge < -0.3 is 15.4 Å². The first-order valence-electron chi connectivity index (χ1n) is 7.32. The van der Waals surface area contributed by atoms with Crippen LogP contribution in [0.15, 0.2) is 42.5 Å². The van der Waals surface area contributed by atoms with Crippen LogP contribution < -0.4 is 10.6 Å². The lowest BCUT2D eigenvalue weighted by atomic mass is 10.1. The molecule has 0 radical (unpaired) electrons. The number of hydrogen-bond acceptors (Lipinski definition) is 3. The van der Waals surface area contributed by atoms with Crippen LogP contribution in [0, 0.1) is 3.57 Å². The van der Waals surface area contributed by atoms with Crippen molar-refractivity contribution < 1.29 is 9.53 Å². The summed E-state index contributed by atoms with van der Waals surface area (Å²) in [4.78, 5) is 12.3. The van der Waals surface area contributed by atoms with Crippen molar-refractivity contribution >= 4 is 45.8 Å². The Balaban J connectivity index is 1.69. The Labute approximate surface area is 153 Å². The largest absolute Gasteiger partial charge is 0.371 e. The number of ether oxygens (including phenoxy) is 1. The Morgan fingerprint density at radius 2 is 2.04 bits per heavy atom. The van der Waals surface area contributed by atoms with Crippen molar-refractivity contribution in [2.24, 2.45) is 0 Å². The molecule has 1 unspecified atom stereocenters. The molecule has 1 fully saturated rings. The molecule has 2 N–H and O–H groups in total. The molecule has 1 aliphatic rings. The van der Waals surface area contributed by atoms with Gasteiger partial charge in [-0.2, -0.15) is 0 Å². The van der Waals surface area contributed by atoms with Gasteiger partial charge in [-0.15, -0.1) is 0 Å². The van der Waals surface area contributed by atoms with Crippen molar-refractivity contribution in [2.45, 2.75) is 6.10 Å². The Morgan fingerprint density at radius 1 is 1.26 bits per heavy atom. The van der Waals surface area contributed by atoms with Gasteiger partial charge in [-0.05, 0) is 58.5 Å². The topological polar surface area (TPSA) is 50.4 Å². The highest BCUT2D eigenvalue weighted by atomic mass is 127. The molecular weight excluding hydrogens is 427 g/mol. The fourth-order valence-electron chi connectivity index (χ4n) is 2.43. The van der Waals surface area contributed by atoms with Gasteiger partial charge in [0, 0.05) is 27.4 Å². The number of benzene rings is 2. The molecule has 1 aliphatic heterocycles. The summed E-state index contributed by atoms with van der Waals surface area (Å²) in [5, 5.41) is 6.83. The van der Waals surface area contributed by atoms with E-state index in [1.807, 2.05) is 24.3 Å². The van der Waals surface area contributed by atoms with Crippen LogP contribution in [0.3, 0.4) is 0 Å². The van der Waals surface area contributed by atoms with E-state index in [2.05, 4.69) is 33.2 Å². The second-order valence-electron chi connectivity index (χ2n) is 5.26. The standard InChI is InChI=1S/C17H16ClIN2O2/c18-12-3-6-14(15(19)9-12)17(22)21-13-4-1-11(2-5-13)16-10-20-7-8-23-16/h1-6,9,16,20H,7-8,10H2,(H,21,22). The molecule has 120 valence electrons. The SMILES string of the molecule is O=C(Nc1ccc(C2CNCCO2)cc1)c1ccc(Cl)cc1I. The minimum atomic E-state index is -0.144. The van der Waals surface area contributed by atoms with Crippen LogP contribution in [0.2, 0.25) is 5.02 Å². The first-order valence-corrected chi connectivity index (χ1v) is 8.78. The van der Waals surface area contributed by atoms with Crippen LogP contribution in [-0.4, -0.2) is 25.6 Å². The molecule has 0 saturated carbocycles. The maximum absolute atomic E-state index is 12.3. The molecule has 2 aromatic carbocycles. The molecule has 3 rings (SSSR count). The number of carbonyl (C=O) groups is 1. The van der Waals surface area contributed by atoms with E-state index >= 15 is 0 Å². The number of morpholine rings is 1. The van der Waals surface area contributed by atoms with E-state index in [1.54, 1.807) is 18.2 Å². The van der Waals surface area contributed by atoms with Gasteiger partial charge in [0.05, 0.1) is 18.3 Å². The second-order valence-corrected chi connectivity index (χ2v) is 6.86. The maximum Gasteiger partial charge on any atom is 0.256 e. The minimum absolute atomic E-state index is 0.0747. The predicted octanol–water partition coefficient (Wildman–Crippen LogP) is 3.86. The van der Waals surface area contributed by atoms with Crippen LogP contribution in [0.4, 0.5) is 5.69 Å². The number of halogens is 2. The van der Waals surface area contributed by atoms with Gasteiger partial charge in [0.15, 0.2) is 0 Å². The van der Waals surface area contributed by atoms with Gasteiger partial charge >= 0.3 is 0 Å². The minimum Gasteiger partial charge on any atom is -0.371 e. The van der Waals surface area contributed by atoms with Crippen molar-refractivity contribution in [3.05, 3.63) is 62.2 Å². The highest BCUT2D eigenvalue weighted by Gasteiger charge is 2.16. The van der Waals surface area contributed by atoms with Gasteiger partial charge in [0.1, 0.15) is 0 Å². The molecule has 1 heterocycles. The molecule has 1 atom stereocenters. The highest BCUT2D eigenvalue weighted by Crippen LogP contribution is 2.22. The molecular formula is C17H16ClIN2O2. The summed E-state index contributed by atoms with van der Waals surface area (Å²) >= 11 is 8.03. The fourth-order valence-corrected chi connectivity index (χ4v) is 3.55. The quantitative estimate of drug-likeness (QED) is 0.710. The Hall–Kier alpha value is -1.15. The average Bonchev–Trinajstić information content (AvgIpc) is 2.56. The molecule has 4 nitrogen and oxygen atoms in total. The zero-order chi connectivity index (χ0) is 16.2. The van der Waals surface area contributed by atoms with Gasteiger partial charge in [-0.3, -0.25) is 4.79 Å². The molecule has 6 heteroatoms. The maximum atomic E-state index is 12.3. The van der Waals surface area contributed by atoms with E-state index in [-0.39, 0.29) is 12.0 Å². The van der Waals surface area contributed by atoms with Crippen molar-refractivity contribution in [1.29, 1.82) is 0 Å². The fraction of sp³-hybridized carbons (Fsp3) is 0.235. The van der Waals surface area contributed by atoms with Gasteiger partial charge in [0.2, 0.25) is 0 Å². The van der Waals surface area contributed by atoms with E-state index in [0.29, 0.717) is 10.6 Å². The Bertz CT molecular complexity index is 700. The lowest BCUT2D eigenvalue weighted by molar-refractivity contribution is 0.0277. The van der Waals surface area contributed by atoms with Crippen LogP contribution in [0.25, 0.3) is 0 Å². The van der Waals surface area contributed by atoms with E-state index in [9.17, 15) is 4.79 Å². The van der Waals surface area contributed by atoms with E-state index in [0.717, 1.165) is 34.5 Å². The van der Waals surface area contributed by atoms with Gasteiger partial charge in [-0.25, -0.2) is 0 Å². The zero-order valence-corrected chi connectivity index (χ0v) is 15.2. The molecule has 0 spiro atoms. The average molecular weight is 443 g/mol. The summed E-state index contributed by atoms with van der Waals surface area (Å²) in [6.07, 6.45) is 0.0747. The summed E-state index contributed by atoms with van der Waals surface area (Å²) in [5.74, 6) is -0.144. The monoisotopic (exact) mass is 442 g/mol. The number of rotatable bonds is 3. The molecule has 0 aromatic heterocycles. The molecule has 1 amide bonds. The Kier molecular flexibility index (Phi) is 5.53. The second kappa shape index (κ2) is 7.61. The molecule has 23 heavy (non-hydrogen) atoms. The number of nitrogens with one attached hydrogen (secondary N) is 2. The predicted molar refractivity (Wildman–Crippen MR) is 100 cm³/mol. The number of anilines is 1. The first-order chi connectivity index (χ1) is 11.1. The molecule has 0 bridgehead atoms. The lowest BCUT2D eigenvalue weighted by Crippen LogP contribution is -2.33. The van der Waals surface area contributed by atoms with Gasteiger partial charge in [-0.1, -0.05) is 23.7 Å². The van der Waals surface area contributed by atoms with Crippen LogP contribution in [0.1, 0.15) is 22.0 Å². The van der Waals surface area contributed by atoms with Crippen LogP contribution in [0.5, 0.6) is 0 Å². The van der Waals surface area contributed by atoms with Crippen molar-refractivity contribution in [3.8, 4) is 0 Å². The summed E-state index contributed by atoms with van der Waals surface area (Å²) in [5.41, 5.74) is 2.48. The third-order valence-electron chi connectivity index (χ3n) is 3.64. The third-order valence-corrected chi connectivity index (χ3v) is 4.77. The zero-order valence-electron chi connectivity index (χ0n) is 12.3. The number of carbonyl (C=O) groups excluding carboxylic acids is 1. The summed E-state index contributed by atoms with van der Waals surface area (Å²) in [6.45, 7) is 2.43. The van der Waals surface area contributed by atoms with E-state index < -0.39 is 0 Å². The Morgan fingerprint density at radius 3 is 2.70 bits per heavy atom. The van der Waals surface area contributed by atoms with Gasteiger partial charge in [0.25, 0.3) is 5.91 Å². The first kappa shape index (κ1) is 16.7. The highest BCUT2D eigenvalue weighted by molar-refractivity contribution is 14.1. The van der Waals surface area contributed by atoms with E-state index in [1.165, 1.54) is 0 Å². The van der Waals surface area contributed by atoms with E-state index in [4.69, 9.17) is 16.3 Å².